The van der Waals surface area contributed by atoms with E-state index in [1.807, 2.05) is 30.3 Å². The zero-order chi connectivity index (χ0) is 17.7. The number of urea groups is 1. The second-order valence-corrected chi connectivity index (χ2v) is 7.18. The van der Waals surface area contributed by atoms with Gasteiger partial charge in [0.05, 0.1) is 0 Å². The van der Waals surface area contributed by atoms with Gasteiger partial charge in [0, 0.05) is 35.8 Å². The Morgan fingerprint density at radius 2 is 1.84 bits per heavy atom. The Morgan fingerprint density at radius 3 is 2.48 bits per heavy atom. The highest BCUT2D eigenvalue weighted by atomic mass is 35.5. The molecule has 1 heterocycles. The number of likely N-dealkylation sites (tertiary alicyclic amines) is 1. The Kier molecular flexibility index (Phi) is 5.61. The minimum Gasteiger partial charge on any atom is -0.396 e. The van der Waals surface area contributed by atoms with Crippen molar-refractivity contribution >= 4 is 23.3 Å². The van der Waals surface area contributed by atoms with Crippen molar-refractivity contribution in [3.05, 3.63) is 65.2 Å². The van der Waals surface area contributed by atoms with E-state index in [1.165, 1.54) is 5.56 Å². The first-order chi connectivity index (χ1) is 12.1. The first-order valence-electron chi connectivity index (χ1n) is 8.57. The molecule has 132 valence electrons. The van der Waals surface area contributed by atoms with Gasteiger partial charge in [-0.15, -0.1) is 0 Å². The predicted molar refractivity (Wildman–Crippen MR) is 101 cm³/mol. The molecule has 3 rings (SSSR count). The number of rotatable bonds is 4. The van der Waals surface area contributed by atoms with Crippen LogP contribution in [0.1, 0.15) is 18.4 Å². The molecule has 0 aliphatic carbocycles. The topological polar surface area (TPSA) is 52.6 Å². The number of benzene rings is 2. The molecule has 4 nitrogen and oxygen atoms in total. The quantitative estimate of drug-likeness (QED) is 0.861. The molecule has 5 heteroatoms. The molecule has 2 amide bonds. The normalized spacial score (nSPS) is 16.5. The summed E-state index contributed by atoms with van der Waals surface area (Å²) in [6.07, 6.45) is 2.43. The summed E-state index contributed by atoms with van der Waals surface area (Å²) in [6.45, 7) is 1.42. The van der Waals surface area contributed by atoms with Crippen molar-refractivity contribution in [2.24, 2.45) is 5.41 Å². The molecule has 2 aromatic carbocycles. The molecule has 0 aromatic heterocycles. The Balaban J connectivity index is 1.59. The first kappa shape index (κ1) is 17.8. The summed E-state index contributed by atoms with van der Waals surface area (Å²) in [5, 5.41) is 13.4. The second kappa shape index (κ2) is 7.89. The van der Waals surface area contributed by atoms with E-state index in [4.69, 9.17) is 11.6 Å². The van der Waals surface area contributed by atoms with Crippen LogP contribution >= 0.6 is 11.6 Å². The van der Waals surface area contributed by atoms with Gasteiger partial charge in [0.15, 0.2) is 0 Å². The van der Waals surface area contributed by atoms with E-state index in [0.29, 0.717) is 23.8 Å². The van der Waals surface area contributed by atoms with Gasteiger partial charge in [0.1, 0.15) is 0 Å². The van der Waals surface area contributed by atoms with Crippen LogP contribution in [-0.2, 0) is 6.42 Å². The first-order valence-corrected chi connectivity index (χ1v) is 8.94. The van der Waals surface area contributed by atoms with Gasteiger partial charge < -0.3 is 15.3 Å². The fraction of sp³-hybridized carbons (Fsp3) is 0.350. The number of piperidine rings is 1. The number of nitrogens with zero attached hydrogens (tertiary/aromatic N) is 1. The van der Waals surface area contributed by atoms with Crippen molar-refractivity contribution in [1.29, 1.82) is 0 Å². The van der Waals surface area contributed by atoms with Crippen molar-refractivity contribution in [3.8, 4) is 0 Å². The molecule has 0 saturated carbocycles. The third-order valence-corrected chi connectivity index (χ3v) is 5.18. The van der Waals surface area contributed by atoms with E-state index in [-0.39, 0.29) is 18.1 Å². The summed E-state index contributed by atoms with van der Waals surface area (Å²) in [7, 11) is 0. The second-order valence-electron chi connectivity index (χ2n) is 6.75. The molecule has 0 spiro atoms. The van der Waals surface area contributed by atoms with Gasteiger partial charge in [-0.1, -0.05) is 48.0 Å². The molecule has 0 unspecified atom stereocenters. The Hall–Kier alpha value is -2.04. The van der Waals surface area contributed by atoms with Crippen LogP contribution in [0.2, 0.25) is 5.02 Å². The van der Waals surface area contributed by atoms with Gasteiger partial charge in [-0.3, -0.25) is 0 Å². The fourth-order valence-electron chi connectivity index (χ4n) is 3.37. The van der Waals surface area contributed by atoms with Crippen molar-refractivity contribution in [3.63, 3.8) is 0 Å². The summed E-state index contributed by atoms with van der Waals surface area (Å²) >= 11 is 5.95. The number of aliphatic hydroxyl groups is 1. The minimum atomic E-state index is -0.145. The lowest BCUT2D eigenvalue weighted by Crippen LogP contribution is -2.47. The lowest BCUT2D eigenvalue weighted by atomic mass is 9.74. The fourth-order valence-corrected chi connectivity index (χ4v) is 3.56. The van der Waals surface area contributed by atoms with Gasteiger partial charge in [-0.2, -0.15) is 0 Å². The molecular weight excluding hydrogens is 336 g/mol. The van der Waals surface area contributed by atoms with Crippen LogP contribution in [0.25, 0.3) is 0 Å². The molecule has 1 saturated heterocycles. The lowest BCUT2D eigenvalue weighted by Gasteiger charge is -2.40. The zero-order valence-electron chi connectivity index (χ0n) is 14.1. The highest BCUT2D eigenvalue weighted by Gasteiger charge is 2.35. The lowest BCUT2D eigenvalue weighted by molar-refractivity contribution is 0.0575. The smallest absolute Gasteiger partial charge is 0.321 e. The molecule has 0 bridgehead atoms. The average molecular weight is 359 g/mol. The number of carbonyl (C=O) groups is 1. The summed E-state index contributed by atoms with van der Waals surface area (Å²) in [5.74, 6) is 0. The van der Waals surface area contributed by atoms with Crippen LogP contribution in [0, 0.1) is 5.41 Å². The van der Waals surface area contributed by atoms with E-state index in [2.05, 4.69) is 17.4 Å². The highest BCUT2D eigenvalue weighted by molar-refractivity contribution is 6.30. The van der Waals surface area contributed by atoms with E-state index in [1.54, 1.807) is 17.0 Å². The van der Waals surface area contributed by atoms with Crippen LogP contribution in [0.3, 0.4) is 0 Å². The van der Waals surface area contributed by atoms with Crippen molar-refractivity contribution in [2.75, 3.05) is 25.0 Å². The molecule has 0 radical (unpaired) electrons. The van der Waals surface area contributed by atoms with Gasteiger partial charge in [-0.25, -0.2) is 4.79 Å². The highest BCUT2D eigenvalue weighted by Crippen LogP contribution is 2.35. The Labute approximate surface area is 153 Å². The number of carbonyl (C=O) groups excluding carboxylic acids is 1. The van der Waals surface area contributed by atoms with Crippen LogP contribution < -0.4 is 5.32 Å². The summed E-state index contributed by atoms with van der Waals surface area (Å²) in [4.78, 5) is 14.3. The molecule has 25 heavy (non-hydrogen) atoms. The van der Waals surface area contributed by atoms with Crippen molar-refractivity contribution in [2.45, 2.75) is 19.3 Å². The van der Waals surface area contributed by atoms with Gasteiger partial charge in [-0.05, 0) is 43.0 Å². The standard InChI is InChI=1S/C20H23ClN2O2/c21-17-7-4-8-18(13-17)22-19(25)23-11-9-20(15-24,10-12-23)14-16-5-2-1-3-6-16/h1-8,13,24H,9-12,14-15H2,(H,22,25). The summed E-state index contributed by atoms with van der Waals surface area (Å²) in [5.41, 5.74) is 1.78. The minimum absolute atomic E-state index is 0.117. The maximum atomic E-state index is 12.4. The Bertz CT molecular complexity index is 713. The third-order valence-electron chi connectivity index (χ3n) is 4.94. The van der Waals surface area contributed by atoms with Crippen LogP contribution in [0.4, 0.5) is 10.5 Å². The van der Waals surface area contributed by atoms with E-state index in [0.717, 1.165) is 19.3 Å². The Morgan fingerprint density at radius 1 is 1.12 bits per heavy atom. The third kappa shape index (κ3) is 4.53. The predicted octanol–water partition coefficient (Wildman–Crippen LogP) is 4.19. The van der Waals surface area contributed by atoms with Crippen LogP contribution in [0.15, 0.2) is 54.6 Å². The van der Waals surface area contributed by atoms with Gasteiger partial charge in [0.25, 0.3) is 0 Å². The molecule has 2 N–H and O–H groups in total. The monoisotopic (exact) mass is 358 g/mol. The number of hydrogen-bond donors (Lipinski definition) is 2. The maximum absolute atomic E-state index is 12.4. The van der Waals surface area contributed by atoms with Gasteiger partial charge in [0.2, 0.25) is 0 Å². The summed E-state index contributed by atoms with van der Waals surface area (Å²) in [6, 6.07) is 17.2. The number of halogens is 1. The largest absolute Gasteiger partial charge is 0.396 e. The zero-order valence-corrected chi connectivity index (χ0v) is 14.9. The maximum Gasteiger partial charge on any atom is 0.321 e. The number of hydrogen-bond acceptors (Lipinski definition) is 2. The molecule has 1 fully saturated rings. The summed E-state index contributed by atoms with van der Waals surface area (Å²) < 4.78 is 0. The SMILES string of the molecule is O=C(Nc1cccc(Cl)c1)N1CCC(CO)(Cc2ccccc2)CC1. The van der Waals surface area contributed by atoms with Gasteiger partial charge >= 0.3 is 6.03 Å². The van der Waals surface area contributed by atoms with E-state index < -0.39 is 0 Å². The average Bonchev–Trinajstić information content (AvgIpc) is 2.63. The molecule has 1 aliphatic heterocycles. The van der Waals surface area contributed by atoms with Crippen molar-refractivity contribution in [1.82, 2.24) is 4.90 Å². The van der Waals surface area contributed by atoms with Crippen molar-refractivity contribution < 1.29 is 9.90 Å². The van der Waals surface area contributed by atoms with Crippen LogP contribution in [0.5, 0.6) is 0 Å². The molecular formula is C20H23ClN2O2. The number of aliphatic hydroxyl groups excluding tert-OH is 1. The number of amides is 2. The molecule has 1 aliphatic rings. The van der Waals surface area contributed by atoms with E-state index >= 15 is 0 Å². The number of nitrogens with one attached hydrogen (secondary N) is 1. The number of anilines is 1. The van der Waals surface area contributed by atoms with Crippen LogP contribution in [-0.4, -0.2) is 35.7 Å². The van der Waals surface area contributed by atoms with E-state index in [9.17, 15) is 9.90 Å². The molecule has 0 atom stereocenters. The molecule has 2 aromatic rings.